The number of amides is 1. The summed E-state index contributed by atoms with van der Waals surface area (Å²) < 4.78 is 4.48. The molecule has 1 amide bonds. The van der Waals surface area contributed by atoms with Crippen molar-refractivity contribution in [3.05, 3.63) is 0 Å². The average Bonchev–Trinajstić information content (AvgIpc) is 2.22. The Labute approximate surface area is 107 Å². The van der Waals surface area contributed by atoms with Gasteiger partial charge in [-0.3, -0.25) is 14.4 Å². The van der Waals surface area contributed by atoms with Crippen LogP contribution in [0.25, 0.3) is 0 Å². The number of carbonyl (C=O) groups excluding carboxylic acids is 2. The van der Waals surface area contributed by atoms with E-state index in [1.807, 2.05) is 0 Å². The first kappa shape index (κ1) is 16.4. The van der Waals surface area contributed by atoms with Gasteiger partial charge in [-0.2, -0.15) is 0 Å². The zero-order valence-corrected chi connectivity index (χ0v) is 11.4. The lowest BCUT2D eigenvalue weighted by Crippen LogP contribution is -2.33. The molecule has 6 nitrogen and oxygen atoms in total. The molecule has 0 aromatic heterocycles. The topological polar surface area (TPSA) is 83.9 Å². The van der Waals surface area contributed by atoms with Crippen molar-refractivity contribution < 1.29 is 24.2 Å². The fourth-order valence-corrected chi connectivity index (χ4v) is 1.50. The summed E-state index contributed by atoms with van der Waals surface area (Å²) in [5, 5.41) is 8.72. The largest absolute Gasteiger partial charge is 0.481 e. The van der Waals surface area contributed by atoms with Crippen LogP contribution in [0.5, 0.6) is 0 Å². The predicted octanol–water partition coefficient (Wildman–Crippen LogP) is 0.899. The molecule has 0 atom stereocenters. The minimum atomic E-state index is -0.926. The maximum absolute atomic E-state index is 11.8. The zero-order chi connectivity index (χ0) is 14.3. The third-order valence-electron chi connectivity index (χ3n) is 2.56. The predicted molar refractivity (Wildman–Crippen MR) is 64.9 cm³/mol. The Morgan fingerprint density at radius 2 is 1.78 bits per heavy atom. The Morgan fingerprint density at radius 1 is 1.22 bits per heavy atom. The number of esters is 1. The van der Waals surface area contributed by atoms with E-state index in [1.165, 1.54) is 12.0 Å². The van der Waals surface area contributed by atoms with Gasteiger partial charge in [0.2, 0.25) is 5.91 Å². The summed E-state index contributed by atoms with van der Waals surface area (Å²) in [5.74, 6) is -1.48. The van der Waals surface area contributed by atoms with Crippen LogP contribution in [0.4, 0.5) is 0 Å². The molecular formula is C12H21NO5. The molecule has 0 saturated carbocycles. The molecule has 0 aromatic carbocycles. The van der Waals surface area contributed by atoms with Gasteiger partial charge >= 0.3 is 11.9 Å². The quantitative estimate of drug-likeness (QED) is 0.687. The van der Waals surface area contributed by atoms with Crippen molar-refractivity contribution in [1.82, 2.24) is 4.90 Å². The average molecular weight is 259 g/mol. The van der Waals surface area contributed by atoms with Crippen LogP contribution in [0, 0.1) is 5.41 Å². The number of hydrogen-bond acceptors (Lipinski definition) is 4. The standard InChI is InChI=1S/C12H21NO5/c1-12(2,8-10(15)16)7-9(14)13(3)6-5-11(17)18-4/h5-8H2,1-4H3,(H,15,16). The second-order valence-corrected chi connectivity index (χ2v) is 5.05. The van der Waals surface area contributed by atoms with E-state index in [1.54, 1.807) is 20.9 Å². The van der Waals surface area contributed by atoms with E-state index in [2.05, 4.69) is 4.74 Å². The van der Waals surface area contributed by atoms with Crippen LogP contribution in [0.3, 0.4) is 0 Å². The highest BCUT2D eigenvalue weighted by Gasteiger charge is 2.26. The molecule has 6 heteroatoms. The number of methoxy groups -OCH3 is 1. The van der Waals surface area contributed by atoms with E-state index < -0.39 is 11.4 Å². The SMILES string of the molecule is COC(=O)CCN(C)C(=O)CC(C)(C)CC(=O)O. The summed E-state index contributed by atoms with van der Waals surface area (Å²) in [6.45, 7) is 3.73. The maximum atomic E-state index is 11.8. The molecule has 0 bridgehead atoms. The van der Waals surface area contributed by atoms with Crippen molar-refractivity contribution in [3.63, 3.8) is 0 Å². The monoisotopic (exact) mass is 259 g/mol. The number of aliphatic carboxylic acids is 1. The summed E-state index contributed by atoms with van der Waals surface area (Å²) in [7, 11) is 2.88. The van der Waals surface area contributed by atoms with Gasteiger partial charge in [-0.15, -0.1) is 0 Å². The molecule has 0 aliphatic heterocycles. The van der Waals surface area contributed by atoms with Gasteiger partial charge in [0.25, 0.3) is 0 Å². The summed E-state index contributed by atoms with van der Waals surface area (Å²) in [6.07, 6.45) is 0.207. The van der Waals surface area contributed by atoms with Crippen LogP contribution in [0.1, 0.15) is 33.1 Å². The lowest BCUT2D eigenvalue weighted by molar-refractivity contribution is -0.141. The molecule has 0 aromatic rings. The van der Waals surface area contributed by atoms with Gasteiger partial charge in [0.1, 0.15) is 0 Å². The lowest BCUT2D eigenvalue weighted by Gasteiger charge is -2.25. The second-order valence-electron chi connectivity index (χ2n) is 5.05. The Balaban J connectivity index is 4.22. The molecule has 0 aliphatic carbocycles. The van der Waals surface area contributed by atoms with E-state index in [-0.39, 0.29) is 37.7 Å². The Kier molecular flexibility index (Phi) is 6.36. The highest BCUT2D eigenvalue weighted by molar-refractivity contribution is 5.78. The smallest absolute Gasteiger partial charge is 0.307 e. The molecule has 0 aliphatic rings. The Hall–Kier alpha value is -1.59. The van der Waals surface area contributed by atoms with Gasteiger partial charge in [0.15, 0.2) is 0 Å². The summed E-state index contributed by atoms with van der Waals surface area (Å²) in [5.41, 5.74) is -0.595. The molecule has 1 N–H and O–H groups in total. The number of hydrogen-bond donors (Lipinski definition) is 1. The molecule has 104 valence electrons. The van der Waals surface area contributed by atoms with Crippen LogP contribution >= 0.6 is 0 Å². The van der Waals surface area contributed by atoms with Crippen LogP contribution in [0.2, 0.25) is 0 Å². The fraction of sp³-hybridized carbons (Fsp3) is 0.750. The van der Waals surface area contributed by atoms with Crippen LogP contribution < -0.4 is 0 Å². The third-order valence-corrected chi connectivity index (χ3v) is 2.56. The Bertz CT molecular complexity index is 324. The van der Waals surface area contributed by atoms with Crippen molar-refractivity contribution in [2.24, 2.45) is 5.41 Å². The normalized spacial score (nSPS) is 10.9. The van der Waals surface area contributed by atoms with E-state index in [9.17, 15) is 14.4 Å². The van der Waals surface area contributed by atoms with Gasteiger partial charge in [0.05, 0.1) is 20.0 Å². The van der Waals surface area contributed by atoms with Crippen LogP contribution in [-0.4, -0.2) is 48.6 Å². The van der Waals surface area contributed by atoms with E-state index in [0.717, 1.165) is 0 Å². The molecule has 18 heavy (non-hydrogen) atoms. The molecule has 0 unspecified atom stereocenters. The van der Waals surface area contributed by atoms with Crippen molar-refractivity contribution in [2.75, 3.05) is 20.7 Å². The Morgan fingerprint density at radius 3 is 2.22 bits per heavy atom. The van der Waals surface area contributed by atoms with E-state index >= 15 is 0 Å². The number of rotatable bonds is 7. The number of carbonyl (C=O) groups is 3. The molecule has 0 heterocycles. The van der Waals surface area contributed by atoms with Gasteiger partial charge in [0, 0.05) is 20.0 Å². The molecule has 0 fully saturated rings. The minimum absolute atomic E-state index is 0.0659. The molecule has 0 radical (unpaired) electrons. The molecule has 0 saturated heterocycles. The highest BCUT2D eigenvalue weighted by Crippen LogP contribution is 2.25. The first-order valence-corrected chi connectivity index (χ1v) is 5.70. The number of carboxylic acids is 1. The number of carboxylic acid groups (broad SMARTS) is 1. The van der Waals surface area contributed by atoms with Gasteiger partial charge in [-0.1, -0.05) is 13.8 Å². The number of ether oxygens (including phenoxy) is 1. The first-order chi connectivity index (χ1) is 8.18. The molecular weight excluding hydrogens is 238 g/mol. The van der Waals surface area contributed by atoms with Crippen molar-refractivity contribution in [3.8, 4) is 0 Å². The maximum Gasteiger partial charge on any atom is 0.307 e. The van der Waals surface area contributed by atoms with Crippen LogP contribution in [0.15, 0.2) is 0 Å². The van der Waals surface area contributed by atoms with E-state index in [0.29, 0.717) is 0 Å². The summed E-state index contributed by atoms with van der Waals surface area (Å²) >= 11 is 0. The van der Waals surface area contributed by atoms with Gasteiger partial charge in [-0.25, -0.2) is 0 Å². The van der Waals surface area contributed by atoms with E-state index in [4.69, 9.17) is 5.11 Å². The van der Waals surface area contributed by atoms with Gasteiger partial charge in [-0.05, 0) is 5.41 Å². The second kappa shape index (κ2) is 6.98. The highest BCUT2D eigenvalue weighted by atomic mass is 16.5. The number of nitrogens with zero attached hydrogens (tertiary/aromatic N) is 1. The first-order valence-electron chi connectivity index (χ1n) is 5.70. The molecule has 0 spiro atoms. The lowest BCUT2D eigenvalue weighted by atomic mass is 9.85. The van der Waals surface area contributed by atoms with Gasteiger partial charge < -0.3 is 14.7 Å². The minimum Gasteiger partial charge on any atom is -0.481 e. The van der Waals surface area contributed by atoms with Crippen molar-refractivity contribution in [2.45, 2.75) is 33.1 Å². The zero-order valence-electron chi connectivity index (χ0n) is 11.4. The fourth-order valence-electron chi connectivity index (χ4n) is 1.50. The molecule has 0 rings (SSSR count). The van der Waals surface area contributed by atoms with Crippen LogP contribution in [-0.2, 0) is 19.1 Å². The van der Waals surface area contributed by atoms with Crippen molar-refractivity contribution >= 4 is 17.8 Å². The van der Waals surface area contributed by atoms with Crippen molar-refractivity contribution in [1.29, 1.82) is 0 Å². The third kappa shape index (κ3) is 6.88. The summed E-state index contributed by atoms with van der Waals surface area (Å²) in [4.78, 5) is 34.8. The summed E-state index contributed by atoms with van der Waals surface area (Å²) in [6, 6.07) is 0.